The second kappa shape index (κ2) is 7.21. The highest BCUT2D eigenvalue weighted by atomic mass is 79.9. The highest BCUT2D eigenvalue weighted by Gasteiger charge is 2.17. The summed E-state index contributed by atoms with van der Waals surface area (Å²) in [5.74, 6) is -0.637. The molecule has 2 heterocycles. The number of carbonyl (C=O) groups is 1. The van der Waals surface area contributed by atoms with Crippen LogP contribution in [-0.2, 0) is 24.3 Å². The summed E-state index contributed by atoms with van der Waals surface area (Å²) in [6.45, 7) is 1.47. The SMILES string of the molecule is Cl.O=C(Cn1cc(Br)cn1)Nc1ccc2c(c1F)CCNC2. The second-order valence-electron chi connectivity index (χ2n) is 4.90. The van der Waals surface area contributed by atoms with Crippen molar-refractivity contribution in [1.82, 2.24) is 15.1 Å². The molecule has 3 rings (SSSR count). The van der Waals surface area contributed by atoms with Crippen molar-refractivity contribution in [2.75, 3.05) is 11.9 Å². The number of hydrogen-bond acceptors (Lipinski definition) is 3. The van der Waals surface area contributed by atoms with Gasteiger partial charge in [-0.05, 0) is 46.1 Å². The van der Waals surface area contributed by atoms with Crippen molar-refractivity contribution in [1.29, 1.82) is 0 Å². The van der Waals surface area contributed by atoms with Crippen molar-refractivity contribution in [3.8, 4) is 0 Å². The lowest BCUT2D eigenvalue weighted by Gasteiger charge is -2.19. The Hall–Kier alpha value is -1.44. The average Bonchev–Trinajstić information content (AvgIpc) is 2.87. The molecular formula is C14H15BrClFN4O. The standard InChI is InChI=1S/C14H14BrFN4O.ClH/c15-10-6-18-20(7-10)8-13(21)19-12-2-1-9-5-17-4-3-11(9)14(12)16;/h1-2,6-7,17H,3-5,8H2,(H,19,21);1H. The third-order valence-corrected chi connectivity index (χ3v) is 3.80. The summed E-state index contributed by atoms with van der Waals surface area (Å²) in [5, 5.41) is 9.80. The van der Waals surface area contributed by atoms with Gasteiger partial charge in [0.1, 0.15) is 12.4 Å². The van der Waals surface area contributed by atoms with Crippen molar-refractivity contribution in [3.05, 3.63) is 45.9 Å². The highest BCUT2D eigenvalue weighted by molar-refractivity contribution is 9.10. The smallest absolute Gasteiger partial charge is 0.246 e. The van der Waals surface area contributed by atoms with Crippen molar-refractivity contribution >= 4 is 39.9 Å². The highest BCUT2D eigenvalue weighted by Crippen LogP contribution is 2.24. The van der Waals surface area contributed by atoms with Gasteiger partial charge >= 0.3 is 0 Å². The number of fused-ring (bicyclic) bond motifs is 1. The van der Waals surface area contributed by atoms with E-state index in [9.17, 15) is 9.18 Å². The topological polar surface area (TPSA) is 59.0 Å². The third kappa shape index (κ3) is 3.66. The zero-order chi connectivity index (χ0) is 14.8. The maximum Gasteiger partial charge on any atom is 0.246 e. The van der Waals surface area contributed by atoms with Gasteiger partial charge in [0.15, 0.2) is 0 Å². The van der Waals surface area contributed by atoms with Crippen LogP contribution < -0.4 is 10.6 Å². The number of nitrogens with one attached hydrogen (secondary N) is 2. The van der Waals surface area contributed by atoms with Crippen LogP contribution in [0.2, 0.25) is 0 Å². The molecular weight excluding hydrogens is 375 g/mol. The fraction of sp³-hybridized carbons (Fsp3) is 0.286. The predicted molar refractivity (Wildman–Crippen MR) is 87.6 cm³/mol. The molecule has 1 aromatic carbocycles. The first-order valence-electron chi connectivity index (χ1n) is 6.62. The van der Waals surface area contributed by atoms with Crippen molar-refractivity contribution in [3.63, 3.8) is 0 Å². The minimum atomic E-state index is -0.330. The number of benzene rings is 1. The monoisotopic (exact) mass is 388 g/mol. The fourth-order valence-corrected chi connectivity index (χ4v) is 2.72. The molecule has 5 nitrogen and oxygen atoms in total. The van der Waals surface area contributed by atoms with Crippen LogP contribution in [0.25, 0.3) is 0 Å². The van der Waals surface area contributed by atoms with Gasteiger partial charge in [-0.3, -0.25) is 9.48 Å². The molecule has 0 radical (unpaired) electrons. The molecule has 0 aliphatic carbocycles. The molecule has 8 heteroatoms. The van der Waals surface area contributed by atoms with Gasteiger partial charge in [-0.2, -0.15) is 5.10 Å². The summed E-state index contributed by atoms with van der Waals surface area (Å²) in [6.07, 6.45) is 3.92. The molecule has 1 aliphatic heterocycles. The number of aromatic nitrogens is 2. The lowest BCUT2D eigenvalue weighted by molar-refractivity contribution is -0.116. The number of amides is 1. The summed E-state index contributed by atoms with van der Waals surface area (Å²) in [6, 6.07) is 3.46. The van der Waals surface area contributed by atoms with E-state index in [-0.39, 0.29) is 36.4 Å². The van der Waals surface area contributed by atoms with Crippen LogP contribution in [0.4, 0.5) is 10.1 Å². The Labute approximate surface area is 141 Å². The number of rotatable bonds is 3. The Bertz CT molecular complexity index is 691. The summed E-state index contributed by atoms with van der Waals surface area (Å²) in [5.41, 5.74) is 1.87. The first-order chi connectivity index (χ1) is 10.1. The number of carbonyl (C=O) groups excluding carboxylic acids is 1. The van der Waals surface area contributed by atoms with Gasteiger partial charge in [-0.1, -0.05) is 6.07 Å². The van der Waals surface area contributed by atoms with Gasteiger partial charge in [0.05, 0.1) is 16.4 Å². The van der Waals surface area contributed by atoms with E-state index in [4.69, 9.17) is 0 Å². The van der Waals surface area contributed by atoms with Gasteiger partial charge in [0.25, 0.3) is 0 Å². The lowest BCUT2D eigenvalue weighted by Crippen LogP contribution is -2.25. The third-order valence-electron chi connectivity index (χ3n) is 3.39. The maximum absolute atomic E-state index is 14.4. The summed E-state index contributed by atoms with van der Waals surface area (Å²) < 4.78 is 16.7. The summed E-state index contributed by atoms with van der Waals surface area (Å²) in [4.78, 5) is 11.9. The normalized spacial score (nSPS) is 13.2. The molecule has 118 valence electrons. The maximum atomic E-state index is 14.4. The van der Waals surface area contributed by atoms with Crippen LogP contribution in [-0.4, -0.2) is 22.2 Å². The number of anilines is 1. The molecule has 0 fully saturated rings. The van der Waals surface area contributed by atoms with Gasteiger partial charge in [0, 0.05) is 12.7 Å². The Morgan fingerprint density at radius 1 is 1.50 bits per heavy atom. The number of hydrogen-bond donors (Lipinski definition) is 2. The number of halogens is 3. The van der Waals surface area contributed by atoms with Gasteiger partial charge in [0.2, 0.25) is 5.91 Å². The molecule has 0 unspecified atom stereocenters. The molecule has 2 aromatic rings. The Morgan fingerprint density at radius 2 is 2.32 bits per heavy atom. The number of nitrogens with zero attached hydrogens (tertiary/aromatic N) is 2. The minimum Gasteiger partial charge on any atom is -0.322 e. The van der Waals surface area contributed by atoms with Crippen LogP contribution >= 0.6 is 28.3 Å². The van der Waals surface area contributed by atoms with E-state index >= 15 is 0 Å². The van der Waals surface area contributed by atoms with E-state index in [1.807, 2.05) is 6.07 Å². The van der Waals surface area contributed by atoms with Crippen molar-refractivity contribution in [2.24, 2.45) is 0 Å². The van der Waals surface area contributed by atoms with Crippen molar-refractivity contribution in [2.45, 2.75) is 19.5 Å². The molecule has 22 heavy (non-hydrogen) atoms. The van der Waals surface area contributed by atoms with E-state index in [0.717, 1.165) is 16.6 Å². The lowest BCUT2D eigenvalue weighted by atomic mass is 9.99. The van der Waals surface area contributed by atoms with E-state index in [1.54, 1.807) is 18.5 Å². The van der Waals surface area contributed by atoms with E-state index < -0.39 is 0 Å². The van der Waals surface area contributed by atoms with E-state index in [1.165, 1.54) is 4.68 Å². The van der Waals surface area contributed by atoms with Crippen LogP contribution in [0.1, 0.15) is 11.1 Å². The second-order valence-corrected chi connectivity index (χ2v) is 5.81. The molecule has 0 atom stereocenters. The van der Waals surface area contributed by atoms with E-state index in [2.05, 4.69) is 31.7 Å². The zero-order valence-corrected chi connectivity index (χ0v) is 14.0. The fourth-order valence-electron chi connectivity index (χ4n) is 2.39. The van der Waals surface area contributed by atoms with Crippen molar-refractivity contribution < 1.29 is 9.18 Å². The molecule has 0 saturated heterocycles. The van der Waals surface area contributed by atoms with Crippen LogP contribution in [0, 0.1) is 5.82 Å². The molecule has 1 amide bonds. The molecule has 1 aliphatic rings. The van der Waals surface area contributed by atoms with Crippen LogP contribution in [0.15, 0.2) is 29.0 Å². The molecule has 0 spiro atoms. The molecule has 0 bridgehead atoms. The van der Waals surface area contributed by atoms with Gasteiger partial charge in [-0.25, -0.2) is 4.39 Å². The Morgan fingerprint density at radius 3 is 3.05 bits per heavy atom. The first kappa shape index (κ1) is 16.9. The quantitative estimate of drug-likeness (QED) is 0.848. The van der Waals surface area contributed by atoms with Gasteiger partial charge < -0.3 is 10.6 Å². The summed E-state index contributed by atoms with van der Waals surface area (Å²) in [7, 11) is 0. The molecule has 1 aromatic heterocycles. The first-order valence-corrected chi connectivity index (χ1v) is 7.41. The largest absolute Gasteiger partial charge is 0.322 e. The van der Waals surface area contributed by atoms with Gasteiger partial charge in [-0.15, -0.1) is 12.4 Å². The van der Waals surface area contributed by atoms with Crippen LogP contribution in [0.5, 0.6) is 0 Å². The average molecular weight is 390 g/mol. The minimum absolute atomic E-state index is 0. The predicted octanol–water partition coefficient (Wildman–Crippen LogP) is 2.49. The summed E-state index contributed by atoms with van der Waals surface area (Å²) >= 11 is 3.26. The van der Waals surface area contributed by atoms with E-state index in [0.29, 0.717) is 18.5 Å². The molecule has 0 saturated carbocycles. The Balaban J connectivity index is 0.00000176. The zero-order valence-electron chi connectivity index (χ0n) is 11.6. The van der Waals surface area contributed by atoms with Crippen LogP contribution in [0.3, 0.4) is 0 Å². The Kier molecular flexibility index (Phi) is 5.55. The molecule has 2 N–H and O–H groups in total.